The number of para-hydroxylation sites is 1. The van der Waals surface area contributed by atoms with Gasteiger partial charge < -0.3 is 15.0 Å². The number of benzene rings is 4. The molecule has 0 unspecified atom stereocenters. The number of phenols is 1. The van der Waals surface area contributed by atoms with E-state index in [1.807, 2.05) is 37.3 Å². The molecular formula is C26H22N4O8S2. The third-order valence-corrected chi connectivity index (χ3v) is 8.05. The predicted molar refractivity (Wildman–Crippen MR) is 149 cm³/mol. The minimum Gasteiger partial charge on any atom is -0.505 e. The van der Waals surface area contributed by atoms with Gasteiger partial charge in [-0.05, 0) is 54.8 Å². The number of carbonyl (C=O) groups is 1. The summed E-state index contributed by atoms with van der Waals surface area (Å²) in [7, 11) is -9.81. The number of nitrogens with zero attached hydrogens (tertiary/aromatic N) is 3. The summed E-state index contributed by atoms with van der Waals surface area (Å²) in [5.41, 5.74) is 1.39. The number of carbonyl (C=O) groups excluding carboxylic acids is 1. The van der Waals surface area contributed by atoms with Gasteiger partial charge in [0, 0.05) is 40.7 Å². The van der Waals surface area contributed by atoms with Crippen molar-refractivity contribution in [3.63, 3.8) is 0 Å². The van der Waals surface area contributed by atoms with E-state index in [0.717, 1.165) is 53.5 Å². The molecule has 0 aliphatic heterocycles. The van der Waals surface area contributed by atoms with Crippen LogP contribution in [0.15, 0.2) is 80.7 Å². The van der Waals surface area contributed by atoms with E-state index in [-0.39, 0.29) is 16.5 Å². The summed E-state index contributed by atoms with van der Waals surface area (Å²) in [5.74, 6) is -1.45. The Morgan fingerprint density at radius 3 is 2.25 bits per heavy atom. The largest absolute Gasteiger partial charge is 0.505 e. The average Bonchev–Trinajstić information content (AvgIpc) is 3.19. The third-order valence-electron chi connectivity index (χ3n) is 6.35. The Morgan fingerprint density at radius 2 is 1.60 bits per heavy atom. The van der Waals surface area contributed by atoms with Crippen LogP contribution in [0.3, 0.4) is 0 Å². The fourth-order valence-corrected chi connectivity index (χ4v) is 5.94. The van der Waals surface area contributed by atoms with Crippen LogP contribution in [0.4, 0.5) is 17.1 Å². The summed E-state index contributed by atoms with van der Waals surface area (Å²) in [6, 6.07) is 15.7. The molecule has 0 saturated carbocycles. The maximum atomic E-state index is 12.3. The van der Waals surface area contributed by atoms with Crippen LogP contribution < -0.4 is 5.32 Å². The molecule has 0 aliphatic rings. The summed E-state index contributed by atoms with van der Waals surface area (Å²) in [5, 5.41) is 22.9. The van der Waals surface area contributed by atoms with Crippen molar-refractivity contribution in [2.24, 2.45) is 10.2 Å². The van der Waals surface area contributed by atoms with Crippen LogP contribution >= 0.6 is 0 Å². The van der Waals surface area contributed by atoms with Crippen molar-refractivity contribution in [1.29, 1.82) is 0 Å². The second kappa shape index (κ2) is 9.67. The summed E-state index contributed by atoms with van der Waals surface area (Å²) >= 11 is 0. The van der Waals surface area contributed by atoms with Crippen molar-refractivity contribution in [2.45, 2.75) is 30.2 Å². The smallest absolute Gasteiger partial charge is 0.296 e. The first-order valence-electron chi connectivity index (χ1n) is 11.8. The molecule has 0 spiro atoms. The van der Waals surface area contributed by atoms with E-state index in [1.165, 1.54) is 0 Å². The number of aryl methyl sites for hydroxylation is 1. The number of anilines is 1. The molecule has 40 heavy (non-hydrogen) atoms. The molecule has 0 radical (unpaired) electrons. The highest BCUT2D eigenvalue weighted by Gasteiger charge is 2.25. The van der Waals surface area contributed by atoms with E-state index in [4.69, 9.17) is 0 Å². The van der Waals surface area contributed by atoms with Crippen LogP contribution in [0.2, 0.25) is 0 Å². The van der Waals surface area contributed by atoms with Crippen molar-refractivity contribution in [1.82, 2.24) is 4.57 Å². The van der Waals surface area contributed by atoms with Crippen LogP contribution in [0.1, 0.15) is 13.8 Å². The van der Waals surface area contributed by atoms with Gasteiger partial charge in [-0.1, -0.05) is 18.2 Å². The van der Waals surface area contributed by atoms with Crippen molar-refractivity contribution in [2.75, 3.05) is 5.32 Å². The molecule has 1 heterocycles. The highest BCUT2D eigenvalue weighted by atomic mass is 32.2. The number of nitrogens with one attached hydrogen (secondary N) is 1. The summed E-state index contributed by atoms with van der Waals surface area (Å²) < 4.78 is 69.6. The molecule has 1 amide bonds. The quantitative estimate of drug-likeness (QED) is 0.148. The van der Waals surface area contributed by atoms with Gasteiger partial charge in [-0.25, -0.2) is 0 Å². The van der Waals surface area contributed by atoms with Gasteiger partial charge in [-0.2, -0.15) is 21.9 Å². The molecule has 1 aromatic heterocycles. The molecule has 0 aliphatic carbocycles. The lowest BCUT2D eigenvalue weighted by Crippen LogP contribution is -2.08. The van der Waals surface area contributed by atoms with Gasteiger partial charge in [-0.3, -0.25) is 13.9 Å². The Bertz CT molecular complexity index is 2120. The highest BCUT2D eigenvalue weighted by Crippen LogP contribution is 2.45. The van der Waals surface area contributed by atoms with Crippen molar-refractivity contribution in [3.8, 4) is 5.75 Å². The number of azo groups is 1. The van der Waals surface area contributed by atoms with Gasteiger partial charge in [-0.15, -0.1) is 5.11 Å². The van der Waals surface area contributed by atoms with Crippen molar-refractivity contribution in [3.05, 3.63) is 60.7 Å². The van der Waals surface area contributed by atoms with E-state index >= 15 is 0 Å². The zero-order valence-corrected chi connectivity index (χ0v) is 22.7. The molecule has 0 bridgehead atoms. The zero-order chi connectivity index (χ0) is 29.0. The standard InChI is InChI=1S/C26H22N4O8S2/c1-3-30-21-7-5-4-6-18(21)19-12-16(8-9-22(19)30)28-29-25-23(40(36,37)38)11-15-10-17(39(33,34)35)13-20(27-14(2)31)24(15)26(25)32/h4-13,32H,3H2,1-2H3,(H,27,31)(H,33,34,35)(H,36,37,38). The molecule has 14 heteroatoms. The average molecular weight is 583 g/mol. The van der Waals surface area contributed by atoms with Gasteiger partial charge in [0.1, 0.15) is 10.6 Å². The van der Waals surface area contributed by atoms with E-state index in [1.54, 1.807) is 12.1 Å². The fraction of sp³-hybridized carbons (Fsp3) is 0.115. The monoisotopic (exact) mass is 582 g/mol. The van der Waals surface area contributed by atoms with Gasteiger partial charge in [0.15, 0.2) is 5.75 Å². The third kappa shape index (κ3) is 4.77. The summed E-state index contributed by atoms with van der Waals surface area (Å²) in [4.78, 5) is 10.2. The van der Waals surface area contributed by atoms with Crippen molar-refractivity contribution < 1.29 is 35.8 Å². The maximum Gasteiger partial charge on any atom is 0.296 e. The van der Waals surface area contributed by atoms with E-state index in [2.05, 4.69) is 20.1 Å². The van der Waals surface area contributed by atoms with E-state index < -0.39 is 47.4 Å². The number of aromatic hydroxyl groups is 1. The number of rotatable bonds is 6. The van der Waals surface area contributed by atoms with Gasteiger partial charge in [0.25, 0.3) is 20.2 Å². The molecule has 0 fully saturated rings. The summed E-state index contributed by atoms with van der Waals surface area (Å²) in [6.45, 7) is 3.87. The highest BCUT2D eigenvalue weighted by molar-refractivity contribution is 7.86. The molecule has 4 aromatic carbocycles. The van der Waals surface area contributed by atoms with Crippen LogP contribution in [0.5, 0.6) is 5.75 Å². The first kappa shape index (κ1) is 27.2. The lowest BCUT2D eigenvalue weighted by molar-refractivity contribution is -0.114. The van der Waals surface area contributed by atoms with Crippen LogP contribution in [0, 0.1) is 0 Å². The number of hydrogen-bond acceptors (Lipinski definition) is 8. The molecular weight excluding hydrogens is 560 g/mol. The summed E-state index contributed by atoms with van der Waals surface area (Å²) in [6.07, 6.45) is 0. The van der Waals surface area contributed by atoms with Gasteiger partial charge in [0.05, 0.1) is 16.3 Å². The van der Waals surface area contributed by atoms with Crippen LogP contribution in [0.25, 0.3) is 32.6 Å². The fourth-order valence-electron chi connectivity index (χ4n) is 4.74. The van der Waals surface area contributed by atoms with Gasteiger partial charge >= 0.3 is 0 Å². The van der Waals surface area contributed by atoms with Gasteiger partial charge in [0.2, 0.25) is 5.91 Å². The Balaban J connectivity index is 1.75. The Kier molecular flexibility index (Phi) is 6.58. The van der Waals surface area contributed by atoms with Crippen LogP contribution in [-0.2, 0) is 31.6 Å². The number of amides is 1. The zero-order valence-electron chi connectivity index (χ0n) is 21.0. The molecule has 12 nitrogen and oxygen atoms in total. The second-order valence-corrected chi connectivity index (χ2v) is 11.7. The Morgan fingerprint density at radius 1 is 0.900 bits per heavy atom. The SMILES string of the molecule is CCn1c2ccccc2c2cc(N=Nc3c(S(=O)(=O)O)cc4cc(S(=O)(=O)O)cc(NC(C)=O)c4c3O)ccc21. The normalized spacial score (nSPS) is 12.6. The number of phenolic OH excluding ortho intramolecular Hbond substituents is 1. The maximum absolute atomic E-state index is 12.3. The molecule has 5 aromatic rings. The van der Waals surface area contributed by atoms with Crippen molar-refractivity contribution >= 4 is 75.8 Å². The lowest BCUT2D eigenvalue weighted by atomic mass is 10.1. The van der Waals surface area contributed by atoms with E-state index in [0.29, 0.717) is 5.69 Å². The van der Waals surface area contributed by atoms with E-state index in [9.17, 15) is 35.8 Å². The van der Waals surface area contributed by atoms with Crippen LogP contribution in [-0.4, -0.2) is 41.5 Å². The first-order valence-corrected chi connectivity index (χ1v) is 14.7. The minimum absolute atomic E-state index is 0.189. The molecule has 5 rings (SSSR count). The molecule has 0 saturated heterocycles. The number of fused-ring (bicyclic) bond motifs is 4. The first-order chi connectivity index (χ1) is 18.8. The molecule has 4 N–H and O–H groups in total. The predicted octanol–water partition coefficient (Wildman–Crippen LogP) is 5.54. The Labute approximate surface area is 228 Å². The minimum atomic E-state index is -5.02. The number of hydrogen-bond donors (Lipinski definition) is 4. The topological polar surface area (TPSA) is 188 Å². The second-order valence-electron chi connectivity index (χ2n) is 8.94. The lowest BCUT2D eigenvalue weighted by Gasteiger charge is -2.14. The number of aromatic nitrogens is 1. The molecule has 206 valence electrons. The Hall–Kier alpha value is -4.37. The molecule has 0 atom stereocenters.